The number of imide groups is 1. The number of amides is 4. The number of nitrogens with zero attached hydrogens (tertiary/aromatic N) is 1. The Balaban J connectivity index is 2.40. The fourth-order valence-corrected chi connectivity index (χ4v) is 2.87. The summed E-state index contributed by atoms with van der Waals surface area (Å²) in [4.78, 5) is 35.7. The van der Waals surface area contributed by atoms with Gasteiger partial charge in [0.2, 0.25) is 11.8 Å². The SMILES string of the molecule is NC(=O)CN(CCC1CCCCC1)CC(=O)NC(=O)NCC(F)(F)F. The van der Waals surface area contributed by atoms with Gasteiger partial charge in [-0.05, 0) is 18.9 Å². The Morgan fingerprint density at radius 3 is 2.28 bits per heavy atom. The number of halogens is 3. The lowest BCUT2D eigenvalue weighted by atomic mass is 9.87. The first-order valence-electron chi connectivity index (χ1n) is 8.31. The maximum absolute atomic E-state index is 12.0. The zero-order chi connectivity index (χ0) is 18.9. The molecule has 4 N–H and O–H groups in total. The average molecular weight is 366 g/mol. The molecule has 0 unspecified atom stereocenters. The molecular weight excluding hydrogens is 341 g/mol. The molecule has 10 heteroatoms. The van der Waals surface area contributed by atoms with Gasteiger partial charge in [0.1, 0.15) is 6.54 Å². The zero-order valence-corrected chi connectivity index (χ0v) is 14.0. The van der Waals surface area contributed by atoms with Gasteiger partial charge in [0, 0.05) is 0 Å². The molecule has 0 aromatic carbocycles. The molecule has 1 rings (SSSR count). The van der Waals surface area contributed by atoms with Crippen LogP contribution in [0.4, 0.5) is 18.0 Å². The van der Waals surface area contributed by atoms with Crippen LogP contribution in [0.3, 0.4) is 0 Å². The predicted octanol–water partition coefficient (Wildman–Crippen LogP) is 1.13. The molecule has 1 saturated carbocycles. The number of nitrogens with two attached hydrogens (primary N) is 1. The predicted molar refractivity (Wildman–Crippen MR) is 84.4 cm³/mol. The van der Waals surface area contributed by atoms with Crippen molar-refractivity contribution < 1.29 is 27.6 Å². The van der Waals surface area contributed by atoms with Crippen LogP contribution in [0.15, 0.2) is 0 Å². The number of urea groups is 1. The number of rotatable bonds is 8. The fourth-order valence-electron chi connectivity index (χ4n) is 2.87. The van der Waals surface area contributed by atoms with Crippen molar-refractivity contribution in [1.82, 2.24) is 15.5 Å². The Hall–Kier alpha value is -1.84. The molecule has 0 atom stereocenters. The smallest absolute Gasteiger partial charge is 0.369 e. The van der Waals surface area contributed by atoms with Gasteiger partial charge in [0.15, 0.2) is 0 Å². The van der Waals surface area contributed by atoms with Crippen LogP contribution < -0.4 is 16.4 Å². The van der Waals surface area contributed by atoms with Gasteiger partial charge in [-0.25, -0.2) is 4.79 Å². The topological polar surface area (TPSA) is 105 Å². The third-order valence-electron chi connectivity index (χ3n) is 4.03. The van der Waals surface area contributed by atoms with E-state index in [4.69, 9.17) is 5.73 Å². The second kappa shape index (κ2) is 10.2. The van der Waals surface area contributed by atoms with Crippen molar-refractivity contribution in [2.45, 2.75) is 44.7 Å². The quantitative estimate of drug-likeness (QED) is 0.599. The van der Waals surface area contributed by atoms with Gasteiger partial charge in [-0.15, -0.1) is 0 Å². The molecular formula is C15H25F3N4O3. The number of nitrogens with one attached hydrogen (secondary N) is 2. The first-order valence-corrected chi connectivity index (χ1v) is 8.31. The van der Waals surface area contributed by atoms with Crippen LogP contribution in [0.5, 0.6) is 0 Å². The van der Waals surface area contributed by atoms with Gasteiger partial charge < -0.3 is 11.1 Å². The second-order valence-corrected chi connectivity index (χ2v) is 6.32. The van der Waals surface area contributed by atoms with Crippen molar-refractivity contribution in [3.63, 3.8) is 0 Å². The van der Waals surface area contributed by atoms with Crippen molar-refractivity contribution in [1.29, 1.82) is 0 Å². The van der Waals surface area contributed by atoms with Crippen molar-refractivity contribution in [2.24, 2.45) is 11.7 Å². The van der Waals surface area contributed by atoms with Crippen molar-refractivity contribution in [3.8, 4) is 0 Å². The number of carbonyl (C=O) groups is 3. The van der Waals surface area contributed by atoms with Gasteiger partial charge >= 0.3 is 12.2 Å². The van der Waals surface area contributed by atoms with Gasteiger partial charge in [0.05, 0.1) is 13.1 Å². The summed E-state index contributed by atoms with van der Waals surface area (Å²) in [5.41, 5.74) is 5.16. The Labute approximate surface area is 144 Å². The van der Waals surface area contributed by atoms with Crippen LogP contribution in [-0.2, 0) is 9.59 Å². The molecule has 0 heterocycles. The lowest BCUT2D eigenvalue weighted by Crippen LogP contribution is -2.48. The van der Waals surface area contributed by atoms with Crippen molar-refractivity contribution in [2.75, 3.05) is 26.2 Å². The van der Waals surface area contributed by atoms with Crippen LogP contribution >= 0.6 is 0 Å². The van der Waals surface area contributed by atoms with E-state index in [0.717, 1.165) is 19.3 Å². The van der Waals surface area contributed by atoms with Gasteiger partial charge in [-0.2, -0.15) is 13.2 Å². The van der Waals surface area contributed by atoms with E-state index >= 15 is 0 Å². The highest BCUT2D eigenvalue weighted by Crippen LogP contribution is 2.26. The maximum Gasteiger partial charge on any atom is 0.405 e. The molecule has 0 aliphatic heterocycles. The molecule has 1 fully saturated rings. The summed E-state index contributed by atoms with van der Waals surface area (Å²) in [7, 11) is 0. The van der Waals surface area contributed by atoms with Gasteiger partial charge in [-0.3, -0.25) is 19.8 Å². The summed E-state index contributed by atoms with van der Waals surface area (Å²) in [6, 6.07) is -1.23. The van der Waals surface area contributed by atoms with Crippen LogP contribution in [-0.4, -0.2) is 55.1 Å². The third kappa shape index (κ3) is 10.6. The van der Waals surface area contributed by atoms with E-state index in [9.17, 15) is 27.6 Å². The summed E-state index contributed by atoms with van der Waals surface area (Å²) in [5, 5.41) is 3.36. The molecule has 0 spiro atoms. The summed E-state index contributed by atoms with van der Waals surface area (Å²) in [6.45, 7) is -1.50. The molecule has 7 nitrogen and oxygen atoms in total. The number of hydrogen-bond donors (Lipinski definition) is 3. The molecule has 1 aliphatic rings. The van der Waals surface area contributed by atoms with E-state index in [2.05, 4.69) is 0 Å². The zero-order valence-electron chi connectivity index (χ0n) is 14.0. The summed E-state index contributed by atoms with van der Waals surface area (Å²) >= 11 is 0. The molecule has 1 aliphatic carbocycles. The normalized spacial score (nSPS) is 15.8. The van der Waals surface area contributed by atoms with E-state index in [1.807, 2.05) is 5.32 Å². The number of primary amides is 1. The third-order valence-corrected chi connectivity index (χ3v) is 4.03. The average Bonchev–Trinajstić information content (AvgIpc) is 2.50. The van der Waals surface area contributed by atoms with Crippen LogP contribution in [0.1, 0.15) is 38.5 Å². The van der Waals surface area contributed by atoms with Gasteiger partial charge in [0.25, 0.3) is 0 Å². The molecule has 4 amide bonds. The van der Waals surface area contributed by atoms with E-state index in [-0.39, 0.29) is 13.1 Å². The summed E-state index contributed by atoms with van der Waals surface area (Å²) in [5.74, 6) is -0.871. The van der Waals surface area contributed by atoms with E-state index < -0.39 is 30.6 Å². The Morgan fingerprint density at radius 1 is 1.08 bits per heavy atom. The molecule has 25 heavy (non-hydrogen) atoms. The first-order chi connectivity index (χ1) is 11.7. The molecule has 0 saturated heterocycles. The summed E-state index contributed by atoms with van der Waals surface area (Å²) in [6.07, 6.45) is 2.02. The van der Waals surface area contributed by atoms with Crippen molar-refractivity contribution >= 4 is 17.8 Å². The molecule has 0 aromatic heterocycles. The van der Waals surface area contributed by atoms with Crippen molar-refractivity contribution in [3.05, 3.63) is 0 Å². The number of alkyl halides is 3. The van der Waals surface area contributed by atoms with Gasteiger partial charge in [-0.1, -0.05) is 32.1 Å². The van der Waals surface area contributed by atoms with E-state index in [0.29, 0.717) is 12.5 Å². The Morgan fingerprint density at radius 2 is 1.72 bits per heavy atom. The lowest BCUT2D eigenvalue weighted by Gasteiger charge is -2.25. The van der Waals surface area contributed by atoms with E-state index in [1.54, 1.807) is 5.32 Å². The Bertz CT molecular complexity index is 465. The lowest BCUT2D eigenvalue weighted by molar-refractivity contribution is -0.126. The molecule has 0 bridgehead atoms. The Kier molecular flexibility index (Phi) is 8.67. The summed E-state index contributed by atoms with van der Waals surface area (Å²) < 4.78 is 36.0. The van der Waals surface area contributed by atoms with Crippen LogP contribution in [0.2, 0.25) is 0 Å². The minimum atomic E-state index is -4.56. The highest BCUT2D eigenvalue weighted by Gasteiger charge is 2.28. The number of hydrogen-bond acceptors (Lipinski definition) is 4. The van der Waals surface area contributed by atoms with Crippen LogP contribution in [0.25, 0.3) is 0 Å². The first kappa shape index (κ1) is 21.2. The molecule has 0 radical (unpaired) electrons. The minimum absolute atomic E-state index is 0.149. The van der Waals surface area contributed by atoms with E-state index in [1.165, 1.54) is 24.2 Å². The fraction of sp³-hybridized carbons (Fsp3) is 0.800. The second-order valence-electron chi connectivity index (χ2n) is 6.32. The highest BCUT2D eigenvalue weighted by molar-refractivity contribution is 5.95. The molecule has 0 aromatic rings. The standard InChI is InChI=1S/C15H25F3N4O3/c16-15(17,18)10-20-14(25)21-13(24)9-22(8-12(19)23)7-6-11-4-2-1-3-5-11/h11H,1-10H2,(H2,19,23)(H2,20,21,24,25). The maximum atomic E-state index is 12.0. The molecule has 144 valence electrons. The monoisotopic (exact) mass is 366 g/mol. The number of carbonyl (C=O) groups excluding carboxylic acids is 3. The van der Waals surface area contributed by atoms with Crippen LogP contribution in [0, 0.1) is 5.92 Å². The minimum Gasteiger partial charge on any atom is -0.369 e. The largest absolute Gasteiger partial charge is 0.405 e. The highest BCUT2D eigenvalue weighted by atomic mass is 19.4.